The zero-order valence-electron chi connectivity index (χ0n) is 40.6. The van der Waals surface area contributed by atoms with Crippen LogP contribution in [0.2, 0.25) is 0 Å². The lowest BCUT2D eigenvalue weighted by atomic mass is 10.0. The number of nitrogens with zero attached hydrogens (tertiary/aromatic N) is 4. The molecule has 348 valence electrons. The van der Waals surface area contributed by atoms with Gasteiger partial charge in [0.1, 0.15) is 0 Å². The first-order valence-corrected chi connectivity index (χ1v) is 24.9. The van der Waals surface area contributed by atoms with Gasteiger partial charge >= 0.3 is 0 Å². The molecular weight excluding hydrogens is 885 g/mol. The fraction of sp³-hybridized carbons (Fsp3) is 0.0145. The van der Waals surface area contributed by atoms with Gasteiger partial charge in [-0.1, -0.05) is 169 Å². The Morgan fingerprint density at radius 3 is 0.781 bits per heavy atom. The van der Waals surface area contributed by atoms with Gasteiger partial charge in [0.2, 0.25) is 0 Å². The van der Waals surface area contributed by atoms with Crippen molar-refractivity contribution in [3.63, 3.8) is 0 Å². The highest BCUT2D eigenvalue weighted by Gasteiger charge is 2.20. The molecule has 0 N–H and O–H groups in total. The van der Waals surface area contributed by atoms with Crippen LogP contribution < -0.4 is 19.6 Å². The summed E-state index contributed by atoms with van der Waals surface area (Å²) in [4.78, 5) is 9.37. The molecule has 0 fully saturated rings. The Morgan fingerprint density at radius 2 is 0.438 bits per heavy atom. The van der Waals surface area contributed by atoms with Crippen molar-refractivity contribution in [1.29, 1.82) is 0 Å². The van der Waals surface area contributed by atoms with Crippen molar-refractivity contribution in [1.82, 2.24) is 0 Å². The van der Waals surface area contributed by atoms with E-state index >= 15 is 0 Å². The lowest BCUT2D eigenvalue weighted by molar-refractivity contribution is 1.26. The van der Waals surface area contributed by atoms with Crippen molar-refractivity contribution in [2.24, 2.45) is 0 Å². The summed E-state index contributed by atoms with van der Waals surface area (Å²) in [7, 11) is 0. The molecule has 73 heavy (non-hydrogen) atoms. The van der Waals surface area contributed by atoms with Crippen LogP contribution >= 0.6 is 0 Å². The lowest BCUT2D eigenvalue weighted by Crippen LogP contribution is -2.12. The van der Waals surface area contributed by atoms with Crippen molar-refractivity contribution in [2.45, 2.75) is 6.92 Å². The van der Waals surface area contributed by atoms with E-state index in [0.29, 0.717) is 0 Å². The molecule has 0 bridgehead atoms. The van der Waals surface area contributed by atoms with E-state index < -0.39 is 0 Å². The van der Waals surface area contributed by atoms with Gasteiger partial charge in [-0.25, -0.2) is 0 Å². The summed E-state index contributed by atoms with van der Waals surface area (Å²) < 4.78 is 0. The molecule has 0 atom stereocenters. The zero-order valence-corrected chi connectivity index (χ0v) is 40.6. The van der Waals surface area contributed by atoms with E-state index in [2.05, 4.69) is 324 Å². The second kappa shape index (κ2) is 20.0. The van der Waals surface area contributed by atoms with Crippen LogP contribution in [0.3, 0.4) is 0 Å². The van der Waals surface area contributed by atoms with E-state index in [1.165, 1.54) is 27.1 Å². The molecule has 0 saturated carbocycles. The molecule has 4 heteroatoms. The Balaban J connectivity index is 0.890. The molecule has 12 aromatic carbocycles. The second-order valence-electron chi connectivity index (χ2n) is 18.3. The van der Waals surface area contributed by atoms with Crippen molar-refractivity contribution in [2.75, 3.05) is 19.6 Å². The third-order valence-corrected chi connectivity index (χ3v) is 13.7. The maximum Gasteiger partial charge on any atom is 0.0540 e. The van der Waals surface area contributed by atoms with E-state index in [9.17, 15) is 0 Å². The minimum absolute atomic E-state index is 1.07. The van der Waals surface area contributed by atoms with E-state index in [1.54, 1.807) is 0 Å². The van der Waals surface area contributed by atoms with Gasteiger partial charge in [0.05, 0.1) is 11.4 Å². The molecule has 0 spiro atoms. The number of hydrogen-bond acceptors (Lipinski definition) is 4. The number of hydrogen-bond donors (Lipinski definition) is 0. The monoisotopic (exact) mass is 936 g/mol. The second-order valence-corrected chi connectivity index (χ2v) is 18.3. The highest BCUT2D eigenvalue weighted by atomic mass is 15.2. The van der Waals surface area contributed by atoms with Crippen molar-refractivity contribution >= 4 is 89.8 Å². The maximum atomic E-state index is 2.38. The van der Waals surface area contributed by atoms with Gasteiger partial charge in [0, 0.05) is 67.6 Å². The smallest absolute Gasteiger partial charge is 0.0540 e. The van der Waals surface area contributed by atoms with Gasteiger partial charge in [0.25, 0.3) is 0 Å². The molecule has 0 saturated heterocycles. The highest BCUT2D eigenvalue weighted by molar-refractivity contribution is 6.00. The number of rotatable bonds is 13. The molecule has 0 unspecified atom stereocenters. The van der Waals surface area contributed by atoms with E-state index in [0.717, 1.165) is 79.4 Å². The van der Waals surface area contributed by atoms with E-state index in [1.807, 2.05) is 0 Å². The van der Waals surface area contributed by atoms with Crippen LogP contribution in [-0.2, 0) is 0 Å². The summed E-state index contributed by atoms with van der Waals surface area (Å²) in [5, 5.41) is 4.77. The zero-order chi connectivity index (χ0) is 48.9. The van der Waals surface area contributed by atoms with Gasteiger partial charge in [-0.05, 0) is 162 Å². The fourth-order valence-electron chi connectivity index (χ4n) is 10.1. The SMILES string of the molecule is Cc1ccc(N(c2ccccc2)c2ccc(N(c3ccc(-c4ccc(N(c5ccc(N(c6ccccc6)c6ccccc6)cc5)c5cccc6ccccc56)cc4)cc3)c3cccc4ccccc34)cc2)cc1. The number of para-hydroxylation sites is 3. The third kappa shape index (κ3) is 9.06. The Bertz CT molecular complexity index is 3720. The van der Waals surface area contributed by atoms with Gasteiger partial charge in [-0.2, -0.15) is 0 Å². The minimum Gasteiger partial charge on any atom is -0.311 e. The number of fused-ring (bicyclic) bond motifs is 2. The molecule has 4 nitrogen and oxygen atoms in total. The normalized spacial score (nSPS) is 11.1. The molecule has 0 radical (unpaired) electrons. The first-order chi connectivity index (χ1) is 36.1. The molecule has 0 amide bonds. The number of aryl methyl sites for hydroxylation is 1. The predicted molar refractivity (Wildman–Crippen MR) is 310 cm³/mol. The lowest BCUT2D eigenvalue weighted by Gasteiger charge is -2.29. The van der Waals surface area contributed by atoms with Gasteiger partial charge in [0.15, 0.2) is 0 Å². The molecule has 12 aromatic rings. The van der Waals surface area contributed by atoms with Crippen molar-refractivity contribution in [3.8, 4) is 11.1 Å². The van der Waals surface area contributed by atoms with E-state index in [-0.39, 0.29) is 0 Å². The summed E-state index contributed by atoms with van der Waals surface area (Å²) >= 11 is 0. The Morgan fingerprint density at radius 1 is 0.192 bits per heavy atom. The third-order valence-electron chi connectivity index (χ3n) is 13.7. The molecule has 12 rings (SSSR count). The van der Waals surface area contributed by atoms with Crippen LogP contribution in [0.15, 0.2) is 297 Å². The summed E-state index contributed by atoms with van der Waals surface area (Å²) in [5.41, 5.74) is 16.7. The average molecular weight is 937 g/mol. The first kappa shape index (κ1) is 44.6. The van der Waals surface area contributed by atoms with Crippen LogP contribution in [0.1, 0.15) is 5.56 Å². The van der Waals surface area contributed by atoms with Gasteiger partial charge < -0.3 is 19.6 Å². The molecular formula is C69H52N4. The summed E-state index contributed by atoms with van der Waals surface area (Å²) in [6, 6.07) is 107. The Labute approximate surface area is 428 Å². The highest BCUT2D eigenvalue weighted by Crippen LogP contribution is 2.44. The predicted octanol–water partition coefficient (Wildman–Crippen LogP) is 19.8. The Hall–Kier alpha value is -9.64. The molecule has 0 aliphatic carbocycles. The van der Waals surface area contributed by atoms with Crippen molar-refractivity contribution in [3.05, 3.63) is 303 Å². The maximum absolute atomic E-state index is 2.38. The quantitative estimate of drug-likeness (QED) is 0.114. The van der Waals surface area contributed by atoms with Crippen LogP contribution in [0, 0.1) is 6.92 Å². The van der Waals surface area contributed by atoms with Crippen LogP contribution in [0.25, 0.3) is 32.7 Å². The minimum atomic E-state index is 1.07. The summed E-state index contributed by atoms with van der Waals surface area (Å²) in [6.45, 7) is 2.13. The topological polar surface area (TPSA) is 13.0 Å². The fourth-order valence-corrected chi connectivity index (χ4v) is 10.1. The van der Waals surface area contributed by atoms with E-state index in [4.69, 9.17) is 0 Å². The largest absolute Gasteiger partial charge is 0.311 e. The summed E-state index contributed by atoms with van der Waals surface area (Å²) in [5.74, 6) is 0. The molecule has 0 heterocycles. The van der Waals surface area contributed by atoms with Crippen molar-refractivity contribution < 1.29 is 0 Å². The average Bonchev–Trinajstić information content (AvgIpc) is 3.46. The van der Waals surface area contributed by atoms with Crippen LogP contribution in [0.5, 0.6) is 0 Å². The standard InChI is InChI=1S/C69H52N4/c1-51-31-37-59(38-32-51)71(58-25-9-4-10-26-58)61-45-49-65(50-46-61)73(69-30-16-20-55-18-12-14-28-67(55)69)63-41-35-53(36-42-63)52-33-39-62(40-34-52)72(68-29-15-19-54-17-11-13-27-66(54)68)64-47-43-60(44-48-64)70(56-21-5-2-6-22-56)57-23-7-3-8-24-57/h2-50H,1H3. The molecule has 0 aromatic heterocycles. The van der Waals surface area contributed by atoms with Gasteiger partial charge in [-0.15, -0.1) is 0 Å². The summed E-state index contributed by atoms with van der Waals surface area (Å²) in [6.07, 6.45) is 0. The molecule has 0 aliphatic rings. The van der Waals surface area contributed by atoms with Crippen LogP contribution in [-0.4, -0.2) is 0 Å². The van der Waals surface area contributed by atoms with Gasteiger partial charge in [-0.3, -0.25) is 0 Å². The van der Waals surface area contributed by atoms with Crippen LogP contribution in [0.4, 0.5) is 68.2 Å². The number of benzene rings is 12. The Kier molecular flexibility index (Phi) is 12.2. The molecule has 0 aliphatic heterocycles. The first-order valence-electron chi connectivity index (χ1n) is 24.9. The number of anilines is 12.